The van der Waals surface area contributed by atoms with Crippen LogP contribution in [0.3, 0.4) is 0 Å². The summed E-state index contributed by atoms with van der Waals surface area (Å²) in [5.41, 5.74) is 1.19. The Labute approximate surface area is 143 Å². The minimum absolute atomic E-state index is 0.0125. The van der Waals surface area contributed by atoms with Gasteiger partial charge in [0.2, 0.25) is 0 Å². The van der Waals surface area contributed by atoms with Gasteiger partial charge in [-0.05, 0) is 48.6 Å². The molecule has 1 atom stereocenters. The van der Waals surface area contributed by atoms with Crippen LogP contribution in [0.25, 0.3) is 0 Å². The van der Waals surface area contributed by atoms with Gasteiger partial charge in [-0.2, -0.15) is 0 Å². The van der Waals surface area contributed by atoms with E-state index in [1.807, 2.05) is 0 Å². The zero-order valence-corrected chi connectivity index (χ0v) is 14.8. The highest BCUT2D eigenvalue weighted by molar-refractivity contribution is 6.00. The number of rotatable bonds is 4. The monoisotopic (exact) mass is 334 g/mol. The van der Waals surface area contributed by atoms with E-state index < -0.39 is 11.6 Å². The Morgan fingerprint density at radius 1 is 1.04 bits per heavy atom. The second-order valence-electron chi connectivity index (χ2n) is 7.84. The standard InChI is InChI=1S/C21H28F2O/c1-3-14-5-7-15(8-6-14)9-11-17-12-16-10-4-13(2)21(24)18(16)20(23)19(17)22/h12-15H,3-11H2,1-2H3. The molecule has 2 aliphatic rings. The largest absolute Gasteiger partial charge is 0.294 e. The molecule has 1 nitrogen and oxygen atoms in total. The lowest BCUT2D eigenvalue weighted by Gasteiger charge is -2.28. The molecule has 0 N–H and O–H groups in total. The molecule has 1 aromatic carbocycles. The molecule has 2 aliphatic carbocycles. The fraction of sp³-hybridized carbons (Fsp3) is 0.667. The van der Waals surface area contributed by atoms with Crippen LogP contribution < -0.4 is 0 Å². The van der Waals surface area contributed by atoms with Gasteiger partial charge in [0.1, 0.15) is 0 Å². The molecule has 1 unspecified atom stereocenters. The number of ketones is 1. The van der Waals surface area contributed by atoms with E-state index in [4.69, 9.17) is 0 Å². The maximum atomic E-state index is 14.4. The van der Waals surface area contributed by atoms with Crippen LogP contribution in [-0.4, -0.2) is 5.78 Å². The lowest BCUT2D eigenvalue weighted by molar-refractivity contribution is 0.0907. The topological polar surface area (TPSA) is 17.1 Å². The average molecular weight is 334 g/mol. The summed E-state index contributed by atoms with van der Waals surface area (Å²) in [6.07, 6.45) is 9.14. The molecule has 0 bridgehead atoms. The van der Waals surface area contributed by atoms with E-state index in [1.165, 1.54) is 32.1 Å². The highest BCUT2D eigenvalue weighted by Crippen LogP contribution is 2.35. The summed E-state index contributed by atoms with van der Waals surface area (Å²) in [7, 11) is 0. The summed E-state index contributed by atoms with van der Waals surface area (Å²) in [6.45, 7) is 4.04. The third-order valence-corrected chi connectivity index (χ3v) is 6.27. The minimum atomic E-state index is -0.909. The summed E-state index contributed by atoms with van der Waals surface area (Å²) >= 11 is 0. The molecule has 132 valence electrons. The van der Waals surface area contributed by atoms with Crippen molar-refractivity contribution in [2.75, 3.05) is 0 Å². The van der Waals surface area contributed by atoms with Crippen LogP contribution in [0.5, 0.6) is 0 Å². The zero-order chi connectivity index (χ0) is 17.3. The van der Waals surface area contributed by atoms with Crippen LogP contribution in [0.15, 0.2) is 6.07 Å². The van der Waals surface area contributed by atoms with Crippen LogP contribution >= 0.6 is 0 Å². The van der Waals surface area contributed by atoms with Gasteiger partial charge in [0.25, 0.3) is 0 Å². The summed E-state index contributed by atoms with van der Waals surface area (Å²) < 4.78 is 28.9. The van der Waals surface area contributed by atoms with Gasteiger partial charge in [-0.25, -0.2) is 8.78 Å². The molecule has 3 heteroatoms. The van der Waals surface area contributed by atoms with Gasteiger partial charge in [-0.3, -0.25) is 4.79 Å². The molecule has 1 saturated carbocycles. The first-order chi connectivity index (χ1) is 11.5. The molecule has 1 aromatic rings. The van der Waals surface area contributed by atoms with Crippen molar-refractivity contribution in [2.24, 2.45) is 17.8 Å². The highest BCUT2D eigenvalue weighted by Gasteiger charge is 2.30. The van der Waals surface area contributed by atoms with E-state index in [9.17, 15) is 13.6 Å². The van der Waals surface area contributed by atoms with Gasteiger partial charge in [-0.1, -0.05) is 52.0 Å². The number of aryl methyl sites for hydroxylation is 2. The number of hydrogen-bond acceptors (Lipinski definition) is 1. The zero-order valence-electron chi connectivity index (χ0n) is 14.8. The van der Waals surface area contributed by atoms with Crippen LogP contribution in [0, 0.1) is 29.4 Å². The summed E-state index contributed by atoms with van der Waals surface area (Å²) in [6, 6.07) is 1.76. The predicted molar refractivity (Wildman–Crippen MR) is 92.2 cm³/mol. The molecule has 0 aliphatic heterocycles. The summed E-state index contributed by atoms with van der Waals surface area (Å²) in [4.78, 5) is 12.2. The third kappa shape index (κ3) is 3.41. The van der Waals surface area contributed by atoms with Gasteiger partial charge in [0.15, 0.2) is 17.4 Å². The molecule has 0 aromatic heterocycles. The molecule has 0 amide bonds. The highest BCUT2D eigenvalue weighted by atomic mass is 19.2. The number of fused-ring (bicyclic) bond motifs is 1. The SMILES string of the molecule is CCC1CCC(CCc2cc3c(c(F)c2F)C(=O)C(C)CC3)CC1. The molecule has 0 saturated heterocycles. The van der Waals surface area contributed by atoms with Gasteiger partial charge < -0.3 is 0 Å². The van der Waals surface area contributed by atoms with E-state index >= 15 is 0 Å². The Hall–Kier alpha value is -1.25. The molecular formula is C21H28F2O. The van der Waals surface area contributed by atoms with Crippen molar-refractivity contribution in [1.82, 2.24) is 0 Å². The van der Waals surface area contributed by atoms with E-state index in [2.05, 4.69) is 6.92 Å². The molecule has 0 heterocycles. The Balaban J connectivity index is 1.71. The number of hydrogen-bond donors (Lipinski definition) is 0. The quantitative estimate of drug-likeness (QED) is 0.672. The number of benzene rings is 1. The van der Waals surface area contributed by atoms with Gasteiger partial charge in [0, 0.05) is 5.92 Å². The fourth-order valence-corrected chi connectivity index (χ4v) is 4.42. The van der Waals surface area contributed by atoms with Crippen LogP contribution in [0.4, 0.5) is 8.78 Å². The third-order valence-electron chi connectivity index (χ3n) is 6.27. The van der Waals surface area contributed by atoms with E-state index in [1.54, 1.807) is 13.0 Å². The van der Waals surface area contributed by atoms with Crippen molar-refractivity contribution in [3.63, 3.8) is 0 Å². The first-order valence-corrected chi connectivity index (χ1v) is 9.55. The van der Waals surface area contributed by atoms with E-state index in [-0.39, 0.29) is 17.3 Å². The van der Waals surface area contributed by atoms with Crippen molar-refractivity contribution in [1.29, 1.82) is 0 Å². The number of carbonyl (C=O) groups is 1. The smallest absolute Gasteiger partial charge is 0.170 e. The Kier molecular flexibility index (Phi) is 5.36. The molecule has 3 rings (SSSR count). The van der Waals surface area contributed by atoms with Crippen molar-refractivity contribution in [3.05, 3.63) is 34.4 Å². The lowest BCUT2D eigenvalue weighted by atomic mass is 9.78. The van der Waals surface area contributed by atoms with E-state index in [0.717, 1.165) is 18.8 Å². The maximum Gasteiger partial charge on any atom is 0.170 e. The fourth-order valence-electron chi connectivity index (χ4n) is 4.42. The van der Waals surface area contributed by atoms with Crippen LogP contribution in [0.1, 0.15) is 80.3 Å². The molecular weight excluding hydrogens is 306 g/mol. The number of halogens is 2. The van der Waals surface area contributed by atoms with E-state index in [0.29, 0.717) is 29.9 Å². The van der Waals surface area contributed by atoms with Crippen molar-refractivity contribution in [2.45, 2.75) is 71.6 Å². The maximum absolute atomic E-state index is 14.4. The van der Waals surface area contributed by atoms with Crippen molar-refractivity contribution >= 4 is 5.78 Å². The molecule has 0 radical (unpaired) electrons. The first-order valence-electron chi connectivity index (χ1n) is 9.55. The number of Topliss-reactive ketones (excluding diaryl/α,β-unsaturated/α-hetero) is 1. The van der Waals surface area contributed by atoms with Crippen LogP contribution in [0.2, 0.25) is 0 Å². The van der Waals surface area contributed by atoms with Gasteiger partial charge in [0.05, 0.1) is 5.56 Å². The summed E-state index contributed by atoms with van der Waals surface area (Å²) in [5.74, 6) is -0.657. The average Bonchev–Trinajstić information content (AvgIpc) is 2.60. The Morgan fingerprint density at radius 2 is 1.71 bits per heavy atom. The predicted octanol–water partition coefficient (Wildman–Crippen LogP) is 5.88. The van der Waals surface area contributed by atoms with Gasteiger partial charge in [-0.15, -0.1) is 0 Å². The number of carbonyl (C=O) groups excluding carboxylic acids is 1. The summed E-state index contributed by atoms with van der Waals surface area (Å²) in [5, 5.41) is 0. The second kappa shape index (κ2) is 7.33. The normalized spacial score (nSPS) is 27.2. The van der Waals surface area contributed by atoms with Crippen molar-refractivity contribution < 1.29 is 13.6 Å². The molecule has 24 heavy (non-hydrogen) atoms. The molecule has 1 fully saturated rings. The van der Waals surface area contributed by atoms with Gasteiger partial charge >= 0.3 is 0 Å². The second-order valence-corrected chi connectivity index (χ2v) is 7.84. The molecule has 0 spiro atoms. The lowest BCUT2D eigenvalue weighted by Crippen LogP contribution is -2.23. The minimum Gasteiger partial charge on any atom is -0.294 e. The van der Waals surface area contributed by atoms with Crippen LogP contribution in [-0.2, 0) is 12.8 Å². The first kappa shape index (κ1) is 17.6. The Morgan fingerprint density at radius 3 is 2.38 bits per heavy atom. The Bertz CT molecular complexity index is 615. The van der Waals surface area contributed by atoms with Crippen molar-refractivity contribution in [3.8, 4) is 0 Å².